The Morgan fingerprint density at radius 1 is 1.13 bits per heavy atom. The summed E-state index contributed by atoms with van der Waals surface area (Å²) in [5, 5.41) is 25.2. The van der Waals surface area contributed by atoms with E-state index in [-0.39, 0.29) is 24.3 Å². The molecule has 0 spiro atoms. The first kappa shape index (κ1) is 28.0. The lowest BCUT2D eigenvalue weighted by molar-refractivity contribution is -0.132. The van der Waals surface area contributed by atoms with Gasteiger partial charge in [-0.2, -0.15) is 0 Å². The Labute approximate surface area is 227 Å². The van der Waals surface area contributed by atoms with Gasteiger partial charge >= 0.3 is 6.09 Å². The first-order chi connectivity index (χ1) is 18.6. The van der Waals surface area contributed by atoms with Gasteiger partial charge in [0.05, 0.1) is 6.04 Å². The maximum absolute atomic E-state index is 13.4. The van der Waals surface area contributed by atoms with Crippen molar-refractivity contribution in [1.29, 1.82) is 0 Å². The smallest absolute Gasteiger partial charge is 0.410 e. The highest BCUT2D eigenvalue weighted by atomic mass is 16.6. The number of carbonyl (C=O) groups is 3. The van der Waals surface area contributed by atoms with Gasteiger partial charge in [-0.15, -0.1) is 5.10 Å². The molecule has 2 aromatic carbocycles. The Morgan fingerprint density at radius 2 is 1.85 bits per heavy atom. The van der Waals surface area contributed by atoms with Gasteiger partial charge in [-0.25, -0.2) is 10.3 Å². The van der Waals surface area contributed by atoms with Crippen LogP contribution in [0.5, 0.6) is 0 Å². The zero-order chi connectivity index (χ0) is 28.0. The second-order valence-corrected chi connectivity index (χ2v) is 11.0. The number of aromatic nitrogens is 3. The molecule has 0 aliphatic carbocycles. The van der Waals surface area contributed by atoms with Gasteiger partial charge in [-0.05, 0) is 62.3 Å². The Bertz CT molecular complexity index is 1280. The third-order valence-electron chi connectivity index (χ3n) is 6.92. The lowest BCUT2D eigenvalue weighted by atomic mass is 9.86. The van der Waals surface area contributed by atoms with Gasteiger partial charge in [0.1, 0.15) is 11.3 Å². The van der Waals surface area contributed by atoms with Crippen LogP contribution in [0.3, 0.4) is 0 Å². The number of nitrogens with zero attached hydrogens (tertiary/aromatic N) is 3. The second kappa shape index (κ2) is 12.2. The SMILES string of the molecule is CC(C)(C)OC(=O)N1CCC(C(=O)NC(c2c[nH]nn2)C(CC(=O)NO)Cc2ccc3ccccc3c2)CC1. The number of H-pyrrole nitrogens is 1. The van der Waals surface area contributed by atoms with Gasteiger partial charge in [-0.3, -0.25) is 19.9 Å². The summed E-state index contributed by atoms with van der Waals surface area (Å²) >= 11 is 0. The van der Waals surface area contributed by atoms with Gasteiger partial charge in [0.15, 0.2) is 0 Å². The molecular formula is C28H36N6O5. The van der Waals surface area contributed by atoms with Crippen LogP contribution < -0.4 is 10.8 Å². The average Bonchev–Trinajstić information content (AvgIpc) is 3.45. The summed E-state index contributed by atoms with van der Waals surface area (Å²) in [6.45, 7) is 6.28. The van der Waals surface area contributed by atoms with Crippen LogP contribution in [0.2, 0.25) is 0 Å². The number of aromatic amines is 1. The van der Waals surface area contributed by atoms with E-state index in [1.165, 1.54) is 0 Å². The first-order valence-electron chi connectivity index (χ1n) is 13.2. The lowest BCUT2D eigenvalue weighted by Crippen LogP contribution is -2.46. The first-order valence-corrected chi connectivity index (χ1v) is 13.2. The molecule has 208 valence electrons. The summed E-state index contributed by atoms with van der Waals surface area (Å²) in [7, 11) is 0. The molecule has 0 bridgehead atoms. The normalized spacial score (nSPS) is 15.9. The van der Waals surface area contributed by atoms with E-state index in [4.69, 9.17) is 4.74 Å². The highest BCUT2D eigenvalue weighted by molar-refractivity contribution is 5.83. The van der Waals surface area contributed by atoms with Gasteiger partial charge in [0.25, 0.3) is 0 Å². The Balaban J connectivity index is 1.50. The van der Waals surface area contributed by atoms with Crippen LogP contribution in [-0.4, -0.2) is 62.1 Å². The quantitative estimate of drug-likeness (QED) is 0.254. The number of nitrogens with one attached hydrogen (secondary N) is 3. The number of likely N-dealkylation sites (tertiary alicyclic amines) is 1. The molecule has 2 atom stereocenters. The molecule has 3 amide bonds. The van der Waals surface area contributed by atoms with Crippen molar-refractivity contribution >= 4 is 28.7 Å². The standard InChI is InChI=1S/C28H36N6O5/c1-28(2,3)39-27(37)34-12-10-20(11-13-34)26(36)30-25(23-17-29-33-31-23)22(16-24(35)32-38)15-18-8-9-19-6-4-5-7-21(19)14-18/h4-9,14,17,20,22,25,38H,10-13,15-16H2,1-3H3,(H,30,36)(H,32,35)(H,29,31,33). The molecule has 0 radical (unpaired) electrons. The molecule has 4 rings (SSSR count). The van der Waals surface area contributed by atoms with Gasteiger partial charge in [0.2, 0.25) is 11.8 Å². The highest BCUT2D eigenvalue weighted by Crippen LogP contribution is 2.30. The van der Waals surface area contributed by atoms with Gasteiger partial charge in [-0.1, -0.05) is 47.7 Å². The number of amides is 3. The largest absolute Gasteiger partial charge is 0.444 e. The van der Waals surface area contributed by atoms with Crippen LogP contribution in [0, 0.1) is 11.8 Å². The van der Waals surface area contributed by atoms with Crippen LogP contribution in [-0.2, 0) is 20.7 Å². The molecule has 0 saturated carbocycles. The molecule has 1 aliphatic rings. The number of hydroxylamine groups is 1. The maximum atomic E-state index is 13.4. The fraction of sp³-hybridized carbons (Fsp3) is 0.464. The second-order valence-electron chi connectivity index (χ2n) is 11.0. The maximum Gasteiger partial charge on any atom is 0.410 e. The van der Waals surface area contributed by atoms with E-state index in [2.05, 4.69) is 26.8 Å². The molecule has 4 N–H and O–H groups in total. The average molecular weight is 537 g/mol. The monoisotopic (exact) mass is 536 g/mol. The predicted molar refractivity (Wildman–Crippen MR) is 143 cm³/mol. The van der Waals surface area contributed by atoms with E-state index in [1.54, 1.807) is 16.6 Å². The van der Waals surface area contributed by atoms with E-state index < -0.39 is 23.5 Å². The Hall–Kier alpha value is -3.99. The number of hydrogen-bond acceptors (Lipinski definition) is 7. The summed E-state index contributed by atoms with van der Waals surface area (Å²) in [6, 6.07) is 13.4. The van der Waals surface area contributed by atoms with Crippen molar-refractivity contribution in [2.45, 2.75) is 58.1 Å². The van der Waals surface area contributed by atoms with Crippen LogP contribution in [0.25, 0.3) is 10.8 Å². The van der Waals surface area contributed by atoms with Gasteiger partial charge in [0, 0.05) is 31.6 Å². The Morgan fingerprint density at radius 3 is 2.49 bits per heavy atom. The molecule has 3 aromatic rings. The fourth-order valence-electron chi connectivity index (χ4n) is 4.98. The molecule has 11 nitrogen and oxygen atoms in total. The summed E-state index contributed by atoms with van der Waals surface area (Å²) in [5.41, 5.74) is 2.60. The molecule has 1 aromatic heterocycles. The number of ether oxygens (including phenoxy) is 1. The van der Waals surface area contributed by atoms with Crippen molar-refractivity contribution in [2.24, 2.45) is 11.8 Å². The van der Waals surface area contributed by atoms with Crippen LogP contribution in [0.1, 0.15) is 57.3 Å². The summed E-state index contributed by atoms with van der Waals surface area (Å²) in [5.74, 6) is -1.48. The van der Waals surface area contributed by atoms with E-state index in [0.29, 0.717) is 38.0 Å². The van der Waals surface area contributed by atoms with Crippen molar-refractivity contribution < 1.29 is 24.3 Å². The van der Waals surface area contributed by atoms with Crippen molar-refractivity contribution in [3.63, 3.8) is 0 Å². The zero-order valence-corrected chi connectivity index (χ0v) is 22.5. The summed E-state index contributed by atoms with van der Waals surface area (Å²) in [4.78, 5) is 39.8. The number of hydrogen-bond donors (Lipinski definition) is 4. The third kappa shape index (κ3) is 7.53. The number of fused-ring (bicyclic) bond motifs is 1. The van der Waals surface area contributed by atoms with Crippen molar-refractivity contribution in [2.75, 3.05) is 13.1 Å². The van der Waals surface area contributed by atoms with Crippen molar-refractivity contribution in [3.8, 4) is 0 Å². The van der Waals surface area contributed by atoms with E-state index in [9.17, 15) is 19.6 Å². The fourth-order valence-corrected chi connectivity index (χ4v) is 4.98. The van der Waals surface area contributed by atoms with E-state index in [1.807, 2.05) is 57.2 Å². The molecule has 11 heteroatoms. The lowest BCUT2D eigenvalue weighted by Gasteiger charge is -2.34. The molecule has 39 heavy (non-hydrogen) atoms. The summed E-state index contributed by atoms with van der Waals surface area (Å²) in [6.07, 6.45) is 2.60. The highest BCUT2D eigenvalue weighted by Gasteiger charge is 2.34. The van der Waals surface area contributed by atoms with E-state index in [0.717, 1.165) is 16.3 Å². The minimum absolute atomic E-state index is 0.0434. The minimum Gasteiger partial charge on any atom is -0.444 e. The molecule has 2 heterocycles. The van der Waals surface area contributed by atoms with Crippen molar-refractivity contribution in [1.82, 2.24) is 31.1 Å². The number of carbonyl (C=O) groups excluding carboxylic acids is 3. The summed E-state index contributed by atoms with van der Waals surface area (Å²) < 4.78 is 5.46. The topological polar surface area (TPSA) is 150 Å². The van der Waals surface area contributed by atoms with Crippen LogP contribution in [0.4, 0.5) is 4.79 Å². The van der Waals surface area contributed by atoms with Crippen molar-refractivity contribution in [3.05, 3.63) is 59.9 Å². The molecule has 2 unspecified atom stereocenters. The molecule has 1 fully saturated rings. The molecule has 1 aliphatic heterocycles. The van der Waals surface area contributed by atoms with Crippen LogP contribution in [0.15, 0.2) is 48.7 Å². The molecular weight excluding hydrogens is 500 g/mol. The third-order valence-corrected chi connectivity index (χ3v) is 6.92. The number of rotatable bonds is 8. The predicted octanol–water partition coefficient (Wildman–Crippen LogP) is 3.52. The van der Waals surface area contributed by atoms with E-state index >= 15 is 0 Å². The molecule has 1 saturated heterocycles. The number of benzene rings is 2. The van der Waals surface area contributed by atoms with Gasteiger partial charge < -0.3 is 15.0 Å². The Kier molecular flexibility index (Phi) is 8.80. The van der Waals surface area contributed by atoms with Crippen LogP contribution >= 0.6 is 0 Å². The number of piperidine rings is 1. The minimum atomic E-state index is -0.635. The zero-order valence-electron chi connectivity index (χ0n) is 22.5.